The highest BCUT2D eigenvalue weighted by Crippen LogP contribution is 2.35. The summed E-state index contributed by atoms with van der Waals surface area (Å²) in [4.78, 5) is 29.9. The smallest absolute Gasteiger partial charge is 0.311 e. The molecule has 0 aliphatic carbocycles. The summed E-state index contributed by atoms with van der Waals surface area (Å²) in [6.45, 7) is 4.39. The number of carbonyl (C=O) groups excluding carboxylic acids is 2. The predicted molar refractivity (Wildman–Crippen MR) is 81.6 cm³/mol. The van der Waals surface area contributed by atoms with Crippen molar-refractivity contribution in [2.75, 3.05) is 18.6 Å². The molecule has 0 saturated carbocycles. The SMILES string of the molecule is COC(=O)C1CC(=O)N(c2nc3c(C)ccc(C)c3s2)C1. The zero-order valence-corrected chi connectivity index (χ0v) is 13.0. The van der Waals surface area contributed by atoms with Gasteiger partial charge in [-0.15, -0.1) is 0 Å². The highest BCUT2D eigenvalue weighted by molar-refractivity contribution is 7.22. The summed E-state index contributed by atoms with van der Waals surface area (Å²) in [6.07, 6.45) is 0.195. The highest BCUT2D eigenvalue weighted by atomic mass is 32.1. The molecule has 21 heavy (non-hydrogen) atoms. The average Bonchev–Trinajstić information content (AvgIpc) is 3.06. The van der Waals surface area contributed by atoms with Crippen LogP contribution in [0.3, 0.4) is 0 Å². The summed E-state index contributed by atoms with van der Waals surface area (Å²) in [6, 6.07) is 4.09. The Bertz CT molecular complexity index is 699. The fourth-order valence-corrected chi connectivity index (χ4v) is 3.72. The van der Waals surface area contributed by atoms with Gasteiger partial charge in [0.1, 0.15) is 0 Å². The summed E-state index contributed by atoms with van der Waals surface area (Å²) in [5, 5.41) is 0.666. The molecule has 1 aromatic carbocycles. The topological polar surface area (TPSA) is 59.5 Å². The molecule has 0 spiro atoms. The number of esters is 1. The first-order valence-electron chi connectivity index (χ1n) is 6.76. The molecule has 1 aliphatic heterocycles. The quantitative estimate of drug-likeness (QED) is 0.800. The van der Waals surface area contributed by atoms with Crippen LogP contribution in [0, 0.1) is 19.8 Å². The fraction of sp³-hybridized carbons (Fsp3) is 0.400. The Morgan fingerprint density at radius 1 is 1.38 bits per heavy atom. The lowest BCUT2D eigenvalue weighted by Crippen LogP contribution is -2.25. The van der Waals surface area contributed by atoms with Gasteiger partial charge >= 0.3 is 5.97 Å². The molecule has 1 atom stereocenters. The molecular formula is C15H16N2O3S. The zero-order valence-electron chi connectivity index (χ0n) is 12.2. The molecular weight excluding hydrogens is 288 g/mol. The molecule has 2 aromatic rings. The maximum atomic E-state index is 12.1. The van der Waals surface area contributed by atoms with Gasteiger partial charge in [0, 0.05) is 13.0 Å². The van der Waals surface area contributed by atoms with Crippen LogP contribution in [-0.4, -0.2) is 30.5 Å². The summed E-state index contributed by atoms with van der Waals surface area (Å²) in [5.74, 6) is -0.796. The Kier molecular flexibility index (Phi) is 3.41. The standard InChI is InChI=1S/C15H16N2O3S/c1-8-4-5-9(2)13-12(8)16-15(21-13)17-7-10(6-11(17)18)14(19)20-3/h4-5,10H,6-7H2,1-3H3. The van der Waals surface area contributed by atoms with Gasteiger partial charge in [0.15, 0.2) is 5.13 Å². The largest absolute Gasteiger partial charge is 0.469 e. The number of amides is 1. The zero-order chi connectivity index (χ0) is 15.1. The average molecular weight is 304 g/mol. The molecule has 0 radical (unpaired) electrons. The van der Waals surface area contributed by atoms with Crippen LogP contribution in [0.25, 0.3) is 10.2 Å². The Morgan fingerprint density at radius 2 is 2.10 bits per heavy atom. The number of methoxy groups -OCH3 is 1. The maximum Gasteiger partial charge on any atom is 0.311 e. The molecule has 3 rings (SSSR count). The van der Waals surface area contributed by atoms with E-state index < -0.39 is 5.92 Å². The number of fused-ring (bicyclic) bond motifs is 1. The first kappa shape index (κ1) is 14.0. The monoisotopic (exact) mass is 304 g/mol. The van der Waals surface area contributed by atoms with Crippen molar-refractivity contribution in [3.63, 3.8) is 0 Å². The lowest BCUT2D eigenvalue weighted by atomic mass is 10.1. The molecule has 1 fully saturated rings. The molecule has 110 valence electrons. The van der Waals surface area contributed by atoms with E-state index in [1.165, 1.54) is 18.4 Å². The van der Waals surface area contributed by atoms with Crippen LogP contribution in [-0.2, 0) is 14.3 Å². The molecule has 6 heteroatoms. The van der Waals surface area contributed by atoms with E-state index >= 15 is 0 Å². The Hall–Kier alpha value is -1.95. The molecule has 0 bridgehead atoms. The number of benzene rings is 1. The van der Waals surface area contributed by atoms with E-state index in [0.29, 0.717) is 11.7 Å². The van der Waals surface area contributed by atoms with E-state index in [9.17, 15) is 9.59 Å². The van der Waals surface area contributed by atoms with Gasteiger partial charge in [-0.25, -0.2) is 4.98 Å². The van der Waals surface area contributed by atoms with Crippen molar-refractivity contribution >= 4 is 38.6 Å². The van der Waals surface area contributed by atoms with E-state index in [0.717, 1.165) is 21.3 Å². The Morgan fingerprint density at radius 3 is 2.76 bits per heavy atom. The van der Waals surface area contributed by atoms with Gasteiger partial charge in [-0.1, -0.05) is 23.5 Å². The van der Waals surface area contributed by atoms with Crippen LogP contribution < -0.4 is 4.90 Å². The first-order chi connectivity index (χ1) is 10.0. The lowest BCUT2D eigenvalue weighted by Gasteiger charge is -2.11. The second kappa shape index (κ2) is 5.11. The molecule has 5 nitrogen and oxygen atoms in total. The van der Waals surface area contributed by atoms with Crippen LogP contribution in [0.4, 0.5) is 5.13 Å². The molecule has 1 aliphatic rings. The molecule has 1 unspecified atom stereocenters. The number of carbonyl (C=O) groups is 2. The maximum absolute atomic E-state index is 12.1. The van der Waals surface area contributed by atoms with Gasteiger partial charge in [0.2, 0.25) is 5.91 Å². The normalized spacial score (nSPS) is 18.5. The van der Waals surface area contributed by atoms with Crippen molar-refractivity contribution in [3.05, 3.63) is 23.3 Å². The van der Waals surface area contributed by atoms with Crippen LogP contribution >= 0.6 is 11.3 Å². The summed E-state index contributed by atoms with van der Waals surface area (Å²) in [7, 11) is 1.35. The summed E-state index contributed by atoms with van der Waals surface area (Å²) >= 11 is 1.50. The van der Waals surface area contributed by atoms with Crippen LogP contribution in [0.15, 0.2) is 12.1 Å². The number of rotatable bonds is 2. The van der Waals surface area contributed by atoms with Gasteiger partial charge in [0.05, 0.1) is 23.2 Å². The molecule has 2 heterocycles. The molecule has 1 aromatic heterocycles. The van der Waals surface area contributed by atoms with Crippen LogP contribution in [0.5, 0.6) is 0 Å². The van der Waals surface area contributed by atoms with Crippen molar-refractivity contribution < 1.29 is 14.3 Å². The van der Waals surface area contributed by atoms with E-state index in [1.807, 2.05) is 19.9 Å². The van der Waals surface area contributed by atoms with Crippen molar-refractivity contribution in [2.24, 2.45) is 5.92 Å². The van der Waals surface area contributed by atoms with Gasteiger partial charge in [-0.3, -0.25) is 14.5 Å². The number of aryl methyl sites for hydroxylation is 2. The number of ether oxygens (including phenoxy) is 1. The van der Waals surface area contributed by atoms with Crippen molar-refractivity contribution in [1.82, 2.24) is 4.98 Å². The van der Waals surface area contributed by atoms with Crippen LogP contribution in [0.2, 0.25) is 0 Å². The van der Waals surface area contributed by atoms with Crippen molar-refractivity contribution in [2.45, 2.75) is 20.3 Å². The van der Waals surface area contributed by atoms with E-state index in [-0.39, 0.29) is 18.3 Å². The lowest BCUT2D eigenvalue weighted by molar-refractivity contribution is -0.145. The van der Waals surface area contributed by atoms with Crippen molar-refractivity contribution in [3.8, 4) is 0 Å². The minimum absolute atomic E-state index is 0.0697. The predicted octanol–water partition coefficient (Wildman–Crippen LogP) is 2.44. The Labute approximate surface area is 126 Å². The van der Waals surface area contributed by atoms with E-state index in [2.05, 4.69) is 11.1 Å². The van der Waals surface area contributed by atoms with E-state index in [4.69, 9.17) is 4.74 Å². The molecule has 1 saturated heterocycles. The van der Waals surface area contributed by atoms with Gasteiger partial charge in [-0.2, -0.15) is 0 Å². The molecule has 1 amide bonds. The third-order valence-electron chi connectivity index (χ3n) is 3.82. The van der Waals surface area contributed by atoms with E-state index in [1.54, 1.807) is 4.90 Å². The number of thiazole rings is 1. The number of nitrogens with zero attached hydrogens (tertiary/aromatic N) is 2. The number of hydrogen-bond acceptors (Lipinski definition) is 5. The van der Waals surface area contributed by atoms with Gasteiger partial charge in [0.25, 0.3) is 0 Å². The minimum atomic E-state index is -0.392. The van der Waals surface area contributed by atoms with Gasteiger partial charge in [-0.05, 0) is 25.0 Å². The first-order valence-corrected chi connectivity index (χ1v) is 7.58. The van der Waals surface area contributed by atoms with Gasteiger partial charge < -0.3 is 4.74 Å². The molecule has 0 N–H and O–H groups in total. The summed E-state index contributed by atoms with van der Waals surface area (Å²) < 4.78 is 5.83. The second-order valence-electron chi connectivity index (χ2n) is 5.30. The van der Waals surface area contributed by atoms with Crippen LogP contribution in [0.1, 0.15) is 17.5 Å². The highest BCUT2D eigenvalue weighted by Gasteiger charge is 2.37. The fourth-order valence-electron chi connectivity index (χ4n) is 2.58. The minimum Gasteiger partial charge on any atom is -0.469 e. The second-order valence-corrected chi connectivity index (χ2v) is 6.28. The van der Waals surface area contributed by atoms with Crippen molar-refractivity contribution in [1.29, 1.82) is 0 Å². The number of hydrogen-bond donors (Lipinski definition) is 0. The summed E-state index contributed by atoms with van der Waals surface area (Å²) in [5.41, 5.74) is 3.18. The number of aromatic nitrogens is 1. The number of anilines is 1. The third kappa shape index (κ3) is 2.29. The third-order valence-corrected chi connectivity index (χ3v) is 5.04. The Balaban J connectivity index is 1.98.